The molecule has 33 heavy (non-hydrogen) atoms. The molecule has 0 spiro atoms. The minimum atomic E-state index is -3.35. The van der Waals surface area contributed by atoms with Crippen LogP contribution in [0.15, 0.2) is 41.4 Å². The van der Waals surface area contributed by atoms with Crippen molar-refractivity contribution in [1.82, 2.24) is 9.71 Å². The molecule has 0 atom stereocenters. The summed E-state index contributed by atoms with van der Waals surface area (Å²) in [7, 11) is -3.35. The van der Waals surface area contributed by atoms with E-state index >= 15 is 0 Å². The molecule has 2 fully saturated rings. The fourth-order valence-electron chi connectivity index (χ4n) is 5.07. The van der Waals surface area contributed by atoms with Crippen LogP contribution in [0.4, 0.5) is 0 Å². The predicted molar refractivity (Wildman–Crippen MR) is 128 cm³/mol. The molecule has 2 saturated carbocycles. The molecule has 0 bridgehead atoms. The Kier molecular flexibility index (Phi) is 5.63. The summed E-state index contributed by atoms with van der Waals surface area (Å²) < 4.78 is 33.6. The van der Waals surface area contributed by atoms with Crippen LogP contribution in [-0.4, -0.2) is 34.7 Å². The first-order valence-corrected chi connectivity index (χ1v) is 13.5. The van der Waals surface area contributed by atoms with Gasteiger partial charge >= 0.3 is 0 Å². The second kappa shape index (κ2) is 8.35. The number of aromatic nitrogens is 2. The van der Waals surface area contributed by atoms with E-state index in [-0.39, 0.29) is 11.4 Å². The third-order valence-corrected chi connectivity index (χ3v) is 9.61. The Labute approximate surface area is 195 Å². The molecule has 0 amide bonds. The molecular weight excluding hydrogens is 436 g/mol. The van der Waals surface area contributed by atoms with E-state index in [1.165, 1.54) is 0 Å². The zero-order valence-electron chi connectivity index (χ0n) is 19.5. The standard InChI is InChI=1S/C26H32N2O4S/c1-16(2)18-4-6-19(7-5-18)32-25-11-10-21(33(30,31)20-8-9-20)15-24(25)23-14-17(3)28(29)26-22(23)12-13-27-26/h10-16,18-20,29H,4-9H2,1-3H3. The first-order valence-electron chi connectivity index (χ1n) is 12.0. The molecule has 6 nitrogen and oxygen atoms in total. The number of aryl methyl sites for hydroxylation is 1. The summed E-state index contributed by atoms with van der Waals surface area (Å²) in [5.41, 5.74) is 2.95. The van der Waals surface area contributed by atoms with Crippen molar-refractivity contribution < 1.29 is 18.4 Å². The lowest BCUT2D eigenvalue weighted by Crippen LogP contribution is -2.26. The van der Waals surface area contributed by atoms with E-state index in [0.717, 1.165) is 65.9 Å². The van der Waals surface area contributed by atoms with Gasteiger partial charge in [0.25, 0.3) is 0 Å². The largest absolute Gasteiger partial charge is 0.490 e. The lowest BCUT2D eigenvalue weighted by atomic mass is 9.80. The van der Waals surface area contributed by atoms with Gasteiger partial charge in [-0.15, -0.1) is 0 Å². The number of ether oxygens (including phenoxy) is 1. The highest BCUT2D eigenvalue weighted by Crippen LogP contribution is 2.43. The van der Waals surface area contributed by atoms with Crippen molar-refractivity contribution in [3.8, 4) is 28.3 Å². The van der Waals surface area contributed by atoms with Crippen LogP contribution >= 0.6 is 0 Å². The minimum absolute atomic E-state index is 0.116. The topological polar surface area (TPSA) is 81.4 Å². The van der Waals surface area contributed by atoms with Gasteiger partial charge in [-0.2, -0.15) is 4.73 Å². The Hall–Kier alpha value is -2.54. The maximum atomic E-state index is 13.0. The summed E-state index contributed by atoms with van der Waals surface area (Å²) in [5, 5.41) is 10.1. The number of benzene rings is 1. The molecule has 2 heterocycles. The number of nitrogens with zero attached hydrogens (tertiary/aromatic N) is 2. The van der Waals surface area contributed by atoms with E-state index in [0.29, 0.717) is 28.1 Å². The molecule has 1 aromatic carbocycles. The van der Waals surface area contributed by atoms with E-state index in [1.807, 2.05) is 18.2 Å². The number of pyridine rings is 1. The summed E-state index contributed by atoms with van der Waals surface area (Å²) in [6.45, 7) is 6.37. The van der Waals surface area contributed by atoms with Crippen LogP contribution in [0.5, 0.6) is 5.75 Å². The number of hydrogen-bond acceptors (Lipinski definition) is 5. The molecule has 1 aromatic rings. The molecule has 0 saturated heterocycles. The monoisotopic (exact) mass is 468 g/mol. The predicted octanol–water partition coefficient (Wildman–Crippen LogP) is 5.73. The third kappa shape index (κ3) is 4.12. The summed E-state index contributed by atoms with van der Waals surface area (Å²) in [4.78, 5) is 4.63. The first-order chi connectivity index (χ1) is 15.8. The third-order valence-electron chi connectivity index (χ3n) is 7.35. The highest BCUT2D eigenvalue weighted by Gasteiger charge is 2.37. The fraction of sp³-hybridized carbons (Fsp3) is 0.500. The Morgan fingerprint density at radius 3 is 2.39 bits per heavy atom. The smallest absolute Gasteiger partial charge is 0.181 e. The molecule has 4 aliphatic rings. The van der Waals surface area contributed by atoms with E-state index in [1.54, 1.807) is 25.3 Å². The number of sulfone groups is 1. The van der Waals surface area contributed by atoms with Crippen molar-refractivity contribution in [3.05, 3.63) is 42.2 Å². The number of fused-ring (bicyclic) bond motifs is 1. The van der Waals surface area contributed by atoms with Crippen molar-refractivity contribution in [1.29, 1.82) is 0 Å². The van der Waals surface area contributed by atoms with Gasteiger partial charge in [-0.3, -0.25) is 0 Å². The maximum Gasteiger partial charge on any atom is 0.181 e. The van der Waals surface area contributed by atoms with Gasteiger partial charge in [-0.25, -0.2) is 13.4 Å². The second-order valence-corrected chi connectivity index (χ2v) is 12.2. The summed E-state index contributed by atoms with van der Waals surface area (Å²) >= 11 is 0. The molecule has 0 unspecified atom stereocenters. The summed E-state index contributed by atoms with van der Waals surface area (Å²) in [6, 6.07) is 8.98. The van der Waals surface area contributed by atoms with Gasteiger partial charge < -0.3 is 9.94 Å². The van der Waals surface area contributed by atoms with Gasteiger partial charge in [0.2, 0.25) is 0 Å². The van der Waals surface area contributed by atoms with E-state index in [4.69, 9.17) is 4.74 Å². The van der Waals surface area contributed by atoms with Crippen molar-refractivity contribution in [2.24, 2.45) is 11.8 Å². The van der Waals surface area contributed by atoms with Gasteiger partial charge in [0.1, 0.15) is 5.75 Å². The van der Waals surface area contributed by atoms with Crippen molar-refractivity contribution in [3.63, 3.8) is 0 Å². The molecular formula is C26H32N2O4S. The van der Waals surface area contributed by atoms with Crippen LogP contribution in [0.25, 0.3) is 22.5 Å². The fourth-order valence-corrected chi connectivity index (χ4v) is 6.75. The van der Waals surface area contributed by atoms with Gasteiger partial charge in [-0.1, -0.05) is 13.8 Å². The lowest BCUT2D eigenvalue weighted by Gasteiger charge is -2.31. The average molecular weight is 469 g/mol. The zero-order chi connectivity index (χ0) is 23.3. The summed E-state index contributed by atoms with van der Waals surface area (Å²) in [6.07, 6.45) is 7.52. The van der Waals surface area contributed by atoms with Crippen LogP contribution in [0.3, 0.4) is 0 Å². The summed E-state index contributed by atoms with van der Waals surface area (Å²) in [5.74, 6) is 2.56. The van der Waals surface area contributed by atoms with Gasteiger partial charge in [0, 0.05) is 17.3 Å². The van der Waals surface area contributed by atoms with Crippen molar-refractivity contribution in [2.75, 3.05) is 0 Å². The lowest BCUT2D eigenvalue weighted by molar-refractivity contribution is 0.117. The Bertz CT molecular complexity index is 1240. The second-order valence-electron chi connectivity index (χ2n) is 9.99. The molecule has 5 rings (SSSR count). The van der Waals surface area contributed by atoms with Crippen molar-refractivity contribution >= 4 is 9.84 Å². The zero-order valence-corrected chi connectivity index (χ0v) is 20.3. The first kappa shape index (κ1) is 22.3. The van der Waals surface area contributed by atoms with Crippen LogP contribution in [-0.2, 0) is 9.84 Å². The van der Waals surface area contributed by atoms with Crippen molar-refractivity contribution in [2.45, 2.75) is 75.5 Å². The molecule has 2 aliphatic carbocycles. The quantitative estimate of drug-likeness (QED) is 0.467. The molecule has 1 N–H and O–H groups in total. The highest BCUT2D eigenvalue weighted by atomic mass is 32.2. The van der Waals surface area contributed by atoms with Crippen LogP contribution in [0.2, 0.25) is 0 Å². The molecule has 2 aliphatic heterocycles. The van der Waals surface area contributed by atoms with E-state index in [9.17, 15) is 13.6 Å². The Morgan fingerprint density at radius 2 is 1.73 bits per heavy atom. The number of hydrogen-bond donors (Lipinski definition) is 1. The van der Waals surface area contributed by atoms with Gasteiger partial charge in [0.15, 0.2) is 15.7 Å². The highest BCUT2D eigenvalue weighted by molar-refractivity contribution is 7.92. The molecule has 176 valence electrons. The van der Waals surface area contributed by atoms with E-state index < -0.39 is 9.84 Å². The Balaban J connectivity index is 1.56. The van der Waals surface area contributed by atoms with Gasteiger partial charge in [0.05, 0.1) is 21.9 Å². The Morgan fingerprint density at radius 1 is 1.00 bits per heavy atom. The molecule has 7 heteroatoms. The van der Waals surface area contributed by atoms with Crippen LogP contribution in [0.1, 0.15) is 58.1 Å². The van der Waals surface area contributed by atoms with Crippen LogP contribution in [0, 0.1) is 18.8 Å². The minimum Gasteiger partial charge on any atom is -0.490 e. The van der Waals surface area contributed by atoms with Crippen LogP contribution < -0.4 is 4.74 Å². The van der Waals surface area contributed by atoms with Gasteiger partial charge in [-0.05, 0) is 93.2 Å². The normalized spacial score (nSPS) is 21.6. The number of rotatable bonds is 6. The SMILES string of the molecule is Cc1cc(-c2cc(S(=O)(=O)C3CC3)ccc2OC2CCC(C(C)C)CC2)c2ccnc-2n1O. The van der Waals surface area contributed by atoms with E-state index in [2.05, 4.69) is 18.8 Å². The molecule has 0 aromatic heterocycles. The maximum absolute atomic E-state index is 13.0. The molecule has 0 radical (unpaired) electrons. The average Bonchev–Trinajstić information content (AvgIpc) is 3.55.